The molecule has 4 nitrogen and oxygen atoms in total. The summed E-state index contributed by atoms with van der Waals surface area (Å²) in [5.74, 6) is 0.971. The van der Waals surface area contributed by atoms with Gasteiger partial charge in [0.25, 0.3) is 0 Å². The second-order valence-corrected chi connectivity index (χ2v) is 7.07. The lowest BCUT2D eigenvalue weighted by molar-refractivity contribution is 0.279. The minimum Gasteiger partial charge on any atom is -0.355 e. The standard InChI is InChI=1S/C17H21ClN4/c1-12-16(13-4-5-14(18)19-10-13)20-11-15(21-12)22-8-6-17(2,3)7-9-22/h4-5,10-11H,6-9H2,1-3H3. The van der Waals surface area contributed by atoms with Crippen LogP contribution < -0.4 is 4.90 Å². The molecule has 5 heteroatoms. The molecule has 1 saturated heterocycles. The first-order valence-electron chi connectivity index (χ1n) is 7.65. The number of hydrogen-bond donors (Lipinski definition) is 0. The van der Waals surface area contributed by atoms with Gasteiger partial charge in [0, 0.05) is 24.8 Å². The molecular formula is C17H21ClN4. The zero-order valence-corrected chi connectivity index (χ0v) is 14.1. The Balaban J connectivity index is 1.82. The molecule has 0 amide bonds. The maximum absolute atomic E-state index is 5.83. The van der Waals surface area contributed by atoms with Gasteiger partial charge in [-0.25, -0.2) is 9.97 Å². The molecule has 1 aliphatic heterocycles. The maximum Gasteiger partial charge on any atom is 0.147 e. The Morgan fingerprint density at radius 1 is 1.09 bits per heavy atom. The summed E-state index contributed by atoms with van der Waals surface area (Å²) in [6.45, 7) is 8.75. The average Bonchev–Trinajstić information content (AvgIpc) is 2.48. The van der Waals surface area contributed by atoms with Crippen LogP contribution in [0.5, 0.6) is 0 Å². The van der Waals surface area contributed by atoms with Crippen LogP contribution in [0.4, 0.5) is 5.82 Å². The zero-order chi connectivity index (χ0) is 15.7. The highest BCUT2D eigenvalue weighted by Gasteiger charge is 2.26. The zero-order valence-electron chi connectivity index (χ0n) is 13.3. The van der Waals surface area contributed by atoms with Crippen molar-refractivity contribution >= 4 is 17.4 Å². The van der Waals surface area contributed by atoms with Crippen molar-refractivity contribution in [3.8, 4) is 11.3 Å². The summed E-state index contributed by atoms with van der Waals surface area (Å²) in [7, 11) is 0. The van der Waals surface area contributed by atoms with Crippen LogP contribution >= 0.6 is 11.6 Å². The van der Waals surface area contributed by atoms with Crippen molar-refractivity contribution in [2.75, 3.05) is 18.0 Å². The van der Waals surface area contributed by atoms with Crippen LogP contribution in [0.1, 0.15) is 32.4 Å². The van der Waals surface area contributed by atoms with Gasteiger partial charge < -0.3 is 4.90 Å². The van der Waals surface area contributed by atoms with E-state index in [1.54, 1.807) is 12.3 Å². The van der Waals surface area contributed by atoms with Crippen LogP contribution in [0.3, 0.4) is 0 Å². The first-order chi connectivity index (χ1) is 10.4. The van der Waals surface area contributed by atoms with Gasteiger partial charge in [0.2, 0.25) is 0 Å². The molecule has 2 aromatic rings. The normalized spacial score (nSPS) is 17.5. The molecule has 0 aromatic carbocycles. The number of rotatable bonds is 2. The van der Waals surface area contributed by atoms with Crippen LogP contribution in [-0.2, 0) is 0 Å². The van der Waals surface area contributed by atoms with E-state index in [-0.39, 0.29) is 0 Å². The predicted molar refractivity (Wildman–Crippen MR) is 90.2 cm³/mol. The molecule has 0 aliphatic carbocycles. The van der Waals surface area contributed by atoms with Gasteiger partial charge in [0.1, 0.15) is 11.0 Å². The number of anilines is 1. The summed E-state index contributed by atoms with van der Waals surface area (Å²) in [6.07, 6.45) is 5.99. The fourth-order valence-electron chi connectivity index (χ4n) is 2.76. The van der Waals surface area contributed by atoms with Gasteiger partial charge in [-0.3, -0.25) is 4.98 Å². The van der Waals surface area contributed by atoms with Crippen LogP contribution in [0.2, 0.25) is 5.15 Å². The number of piperidine rings is 1. The van der Waals surface area contributed by atoms with Crippen LogP contribution in [0.25, 0.3) is 11.3 Å². The van der Waals surface area contributed by atoms with E-state index in [1.165, 1.54) is 12.8 Å². The maximum atomic E-state index is 5.83. The molecule has 0 spiro atoms. The van der Waals surface area contributed by atoms with Crippen LogP contribution in [0, 0.1) is 12.3 Å². The third-order valence-corrected chi connectivity index (χ3v) is 4.60. The van der Waals surface area contributed by atoms with Crippen molar-refractivity contribution in [2.24, 2.45) is 5.41 Å². The number of pyridine rings is 1. The summed E-state index contributed by atoms with van der Waals surface area (Å²) >= 11 is 5.83. The van der Waals surface area contributed by atoms with E-state index < -0.39 is 0 Å². The van der Waals surface area contributed by atoms with E-state index in [1.807, 2.05) is 19.2 Å². The summed E-state index contributed by atoms with van der Waals surface area (Å²) in [5.41, 5.74) is 3.17. The summed E-state index contributed by atoms with van der Waals surface area (Å²) < 4.78 is 0. The van der Waals surface area contributed by atoms with Gasteiger partial charge in [-0.15, -0.1) is 0 Å². The molecule has 3 heterocycles. The van der Waals surface area contributed by atoms with E-state index in [2.05, 4.69) is 28.7 Å². The van der Waals surface area contributed by atoms with Gasteiger partial charge in [-0.2, -0.15) is 0 Å². The number of nitrogens with zero attached hydrogens (tertiary/aromatic N) is 4. The van der Waals surface area contributed by atoms with Crippen molar-refractivity contribution in [2.45, 2.75) is 33.6 Å². The molecule has 1 fully saturated rings. The lowest BCUT2D eigenvalue weighted by Crippen LogP contribution is -2.37. The summed E-state index contributed by atoms with van der Waals surface area (Å²) in [5, 5.41) is 0.488. The fourth-order valence-corrected chi connectivity index (χ4v) is 2.87. The average molecular weight is 317 g/mol. The highest BCUT2D eigenvalue weighted by atomic mass is 35.5. The Kier molecular flexibility index (Phi) is 4.04. The quantitative estimate of drug-likeness (QED) is 0.781. The molecule has 0 unspecified atom stereocenters. The molecule has 0 bridgehead atoms. The van der Waals surface area contributed by atoms with E-state index in [0.717, 1.165) is 35.9 Å². The highest BCUT2D eigenvalue weighted by molar-refractivity contribution is 6.29. The Morgan fingerprint density at radius 2 is 1.82 bits per heavy atom. The van der Waals surface area contributed by atoms with Gasteiger partial charge >= 0.3 is 0 Å². The molecule has 0 radical (unpaired) electrons. The summed E-state index contributed by atoms with van der Waals surface area (Å²) in [4.78, 5) is 15.8. The van der Waals surface area contributed by atoms with Crippen molar-refractivity contribution in [1.82, 2.24) is 15.0 Å². The highest BCUT2D eigenvalue weighted by Crippen LogP contribution is 2.32. The smallest absolute Gasteiger partial charge is 0.147 e. The van der Waals surface area contributed by atoms with E-state index in [9.17, 15) is 0 Å². The summed E-state index contributed by atoms with van der Waals surface area (Å²) in [6, 6.07) is 3.70. The third-order valence-electron chi connectivity index (χ3n) is 4.38. The Bertz CT molecular complexity index is 657. The first-order valence-corrected chi connectivity index (χ1v) is 8.03. The van der Waals surface area contributed by atoms with Gasteiger partial charge in [-0.1, -0.05) is 25.4 Å². The van der Waals surface area contributed by atoms with Gasteiger partial charge in [-0.05, 0) is 37.3 Å². The number of hydrogen-bond acceptors (Lipinski definition) is 4. The third kappa shape index (κ3) is 3.22. The van der Waals surface area contributed by atoms with E-state index in [0.29, 0.717) is 10.6 Å². The van der Waals surface area contributed by atoms with E-state index >= 15 is 0 Å². The fraction of sp³-hybridized carbons (Fsp3) is 0.471. The minimum atomic E-state index is 0.438. The minimum absolute atomic E-state index is 0.438. The van der Waals surface area contributed by atoms with Crippen molar-refractivity contribution < 1.29 is 0 Å². The monoisotopic (exact) mass is 316 g/mol. The SMILES string of the molecule is Cc1nc(N2CCC(C)(C)CC2)cnc1-c1ccc(Cl)nc1. The van der Waals surface area contributed by atoms with Crippen molar-refractivity contribution in [3.05, 3.63) is 35.4 Å². The van der Waals surface area contributed by atoms with Crippen molar-refractivity contribution in [1.29, 1.82) is 0 Å². The molecule has 0 saturated carbocycles. The van der Waals surface area contributed by atoms with Gasteiger partial charge in [0.05, 0.1) is 17.6 Å². The lowest BCUT2D eigenvalue weighted by Gasteiger charge is -2.37. The number of aromatic nitrogens is 3. The Labute approximate surface area is 136 Å². The second-order valence-electron chi connectivity index (χ2n) is 6.68. The molecule has 2 aromatic heterocycles. The largest absolute Gasteiger partial charge is 0.355 e. The van der Waals surface area contributed by atoms with Gasteiger partial charge in [0.15, 0.2) is 0 Å². The molecule has 0 atom stereocenters. The van der Waals surface area contributed by atoms with E-state index in [4.69, 9.17) is 16.6 Å². The molecule has 1 aliphatic rings. The molecule has 3 rings (SSSR count). The lowest BCUT2D eigenvalue weighted by atomic mass is 9.83. The van der Waals surface area contributed by atoms with Crippen LogP contribution in [0.15, 0.2) is 24.5 Å². The number of aryl methyl sites for hydroxylation is 1. The first kappa shape index (κ1) is 15.2. The number of halogens is 1. The molecule has 116 valence electrons. The van der Waals surface area contributed by atoms with Crippen LogP contribution in [-0.4, -0.2) is 28.0 Å². The topological polar surface area (TPSA) is 41.9 Å². The predicted octanol–water partition coefficient (Wildman–Crippen LogP) is 4.13. The molecule has 0 N–H and O–H groups in total. The Morgan fingerprint density at radius 3 is 2.41 bits per heavy atom. The molecular weight excluding hydrogens is 296 g/mol. The Hall–Kier alpha value is -1.68. The van der Waals surface area contributed by atoms with Crippen molar-refractivity contribution in [3.63, 3.8) is 0 Å². The molecule has 22 heavy (non-hydrogen) atoms. The second kappa shape index (κ2) is 5.84.